The average Bonchev–Trinajstić information content (AvgIpc) is 3.64. The summed E-state index contributed by atoms with van der Waals surface area (Å²) < 4.78 is 2.43. The summed E-state index contributed by atoms with van der Waals surface area (Å²) in [4.78, 5) is 2.63. The normalized spacial score (nSPS) is 13.6. The number of rotatable bonds is 5. The quantitative estimate of drug-likeness (QED) is 0.158. The van der Waals surface area contributed by atoms with Gasteiger partial charge in [-0.25, -0.2) is 0 Å². The number of aromatic nitrogens is 1. The van der Waals surface area contributed by atoms with Crippen molar-refractivity contribution in [3.05, 3.63) is 223 Å². The first-order valence-electron chi connectivity index (χ1n) is 21.5. The average molecular weight is 795 g/mol. The molecule has 3 heterocycles. The third-order valence-corrected chi connectivity index (χ3v) is 18.4. The molecule has 0 N–H and O–H groups in total. The predicted molar refractivity (Wildman–Crippen MR) is 263 cm³/mol. The van der Waals surface area contributed by atoms with Gasteiger partial charge < -0.3 is 9.47 Å². The zero-order chi connectivity index (χ0) is 40.8. The van der Waals surface area contributed by atoms with Gasteiger partial charge in [-0.2, -0.15) is 0 Å². The maximum Gasteiger partial charge on any atom is 0.247 e. The molecule has 0 unspecified atom stereocenters. The number of benzene rings is 9. The largest absolute Gasteiger partial charge is 0.312 e. The van der Waals surface area contributed by atoms with Gasteiger partial charge in [-0.3, -0.25) is 0 Å². The van der Waals surface area contributed by atoms with Crippen LogP contribution in [0.15, 0.2) is 206 Å². The molecule has 10 aromatic rings. The van der Waals surface area contributed by atoms with E-state index in [1.54, 1.807) is 0 Å². The van der Waals surface area contributed by atoms with Crippen LogP contribution in [0.4, 0.5) is 17.1 Å². The molecule has 0 bridgehead atoms. The van der Waals surface area contributed by atoms with Crippen LogP contribution in [0.2, 0.25) is 0 Å². The molecule has 0 spiro atoms. The molecule has 61 heavy (non-hydrogen) atoms. The third-order valence-electron chi connectivity index (χ3n) is 13.6. The Labute approximate surface area is 359 Å². The lowest BCUT2D eigenvalue weighted by Gasteiger charge is -2.49. The fourth-order valence-electron chi connectivity index (χ4n) is 11.3. The molecule has 4 heteroatoms. The van der Waals surface area contributed by atoms with Gasteiger partial charge in [-0.15, -0.1) is 0 Å². The van der Waals surface area contributed by atoms with Gasteiger partial charge in [0.15, 0.2) is 8.07 Å². The molecule has 0 aliphatic carbocycles. The number of nitrogens with zero attached hydrogens (tertiary/aromatic N) is 2. The van der Waals surface area contributed by atoms with Gasteiger partial charge in [0.2, 0.25) is 6.71 Å². The Morgan fingerprint density at radius 1 is 0.426 bits per heavy atom. The number of anilines is 3. The van der Waals surface area contributed by atoms with E-state index in [2.05, 4.69) is 236 Å². The number of hydrogen-bond acceptors (Lipinski definition) is 1. The van der Waals surface area contributed by atoms with Gasteiger partial charge in [0.25, 0.3) is 0 Å². The molecule has 2 aliphatic rings. The Hall–Kier alpha value is -7.14. The maximum atomic E-state index is 2.63. The molecule has 0 saturated heterocycles. The molecule has 0 atom stereocenters. The van der Waals surface area contributed by atoms with E-state index in [4.69, 9.17) is 0 Å². The Kier molecular flexibility index (Phi) is 8.04. The summed E-state index contributed by atoms with van der Waals surface area (Å²) in [5, 5.41) is 8.16. The lowest BCUT2D eigenvalue weighted by molar-refractivity contribution is 1.18. The van der Waals surface area contributed by atoms with Crippen LogP contribution in [-0.4, -0.2) is 19.4 Å². The molecule has 1 aromatic heterocycles. The first-order chi connectivity index (χ1) is 30.0. The van der Waals surface area contributed by atoms with Crippen LogP contribution in [0.25, 0.3) is 38.6 Å². The van der Waals surface area contributed by atoms with Crippen LogP contribution in [0.5, 0.6) is 0 Å². The van der Waals surface area contributed by atoms with E-state index in [1.165, 1.54) is 110 Å². The molecule has 0 amide bonds. The molecule has 2 nitrogen and oxygen atoms in total. The van der Waals surface area contributed by atoms with Gasteiger partial charge in [-0.05, 0) is 100.0 Å². The van der Waals surface area contributed by atoms with Crippen molar-refractivity contribution in [2.24, 2.45) is 0 Å². The summed E-state index contributed by atoms with van der Waals surface area (Å²) in [6.07, 6.45) is 0. The minimum absolute atomic E-state index is 0.102. The van der Waals surface area contributed by atoms with Crippen LogP contribution >= 0.6 is 0 Å². The predicted octanol–water partition coefficient (Wildman–Crippen LogP) is 9.37. The molecule has 9 aromatic carbocycles. The zero-order valence-electron chi connectivity index (χ0n) is 34.6. The van der Waals surface area contributed by atoms with E-state index < -0.39 is 8.07 Å². The second kappa shape index (κ2) is 13.7. The monoisotopic (exact) mass is 794 g/mol. The van der Waals surface area contributed by atoms with E-state index in [9.17, 15) is 0 Å². The van der Waals surface area contributed by atoms with Crippen molar-refractivity contribution >= 4 is 90.8 Å². The SMILES string of the molecule is Cc1cc(C)c(B2c3ccccc3N3c4ccc(-c5ccc6c7ccccc7n(-c7ccccc7)c6c5)cc4[Si](c4ccccc4)(c4ccccc4)c4cccc2c43)c(C)c1. The highest BCUT2D eigenvalue weighted by Crippen LogP contribution is 2.41. The van der Waals surface area contributed by atoms with E-state index in [0.29, 0.717) is 0 Å². The summed E-state index contributed by atoms with van der Waals surface area (Å²) >= 11 is 0. The molecule has 288 valence electrons. The first-order valence-corrected chi connectivity index (χ1v) is 23.5. The summed E-state index contributed by atoms with van der Waals surface area (Å²) in [5.74, 6) is 0. The van der Waals surface area contributed by atoms with Crippen molar-refractivity contribution in [2.75, 3.05) is 4.90 Å². The van der Waals surface area contributed by atoms with Crippen molar-refractivity contribution in [3.63, 3.8) is 0 Å². The first kappa shape index (κ1) is 35.8. The summed E-state index contributed by atoms with van der Waals surface area (Å²) in [6.45, 7) is 6.93. The molecule has 2 aliphatic heterocycles. The van der Waals surface area contributed by atoms with Crippen molar-refractivity contribution in [3.8, 4) is 16.8 Å². The second-order valence-electron chi connectivity index (χ2n) is 17.0. The number of hydrogen-bond donors (Lipinski definition) is 0. The molecule has 0 fully saturated rings. The minimum atomic E-state index is -2.97. The van der Waals surface area contributed by atoms with Crippen LogP contribution in [0.3, 0.4) is 0 Å². The third kappa shape index (κ3) is 5.16. The lowest BCUT2D eigenvalue weighted by atomic mass is 9.34. The fraction of sp³-hybridized carbons (Fsp3) is 0.0526. The number of fused-ring (bicyclic) bond motifs is 7. The van der Waals surface area contributed by atoms with Crippen molar-refractivity contribution < 1.29 is 0 Å². The van der Waals surface area contributed by atoms with Crippen LogP contribution in [0, 0.1) is 20.8 Å². The van der Waals surface area contributed by atoms with Crippen LogP contribution in [0.1, 0.15) is 16.7 Å². The topological polar surface area (TPSA) is 8.17 Å². The summed E-state index contributed by atoms with van der Waals surface area (Å²) in [5.41, 5.74) is 18.1. The smallest absolute Gasteiger partial charge is 0.247 e. The highest BCUT2D eigenvalue weighted by molar-refractivity contribution is 7.22. The Balaban J connectivity index is 1.17. The van der Waals surface area contributed by atoms with E-state index in [0.717, 1.165) is 0 Å². The fourth-order valence-corrected chi connectivity index (χ4v) is 16.5. The number of aryl methyl sites for hydroxylation is 3. The summed E-state index contributed by atoms with van der Waals surface area (Å²) in [7, 11) is -2.97. The standard InChI is InChI=1S/C57H43BN2Si/c1-38-34-39(2)56(40(3)35-38)58-48-25-14-16-28-51(48)60-52-33-31-42(41-30-32-47-46-24-13-15-27-50(46)59(53(47)36-41)43-18-7-4-8-19-43)37-55(52)61(44-20-9-5-10-21-44,45-22-11-6-12-23-45)54-29-17-26-49(58)57(54)60/h4-37H,1-3H3. The Morgan fingerprint density at radius 2 is 1.02 bits per heavy atom. The highest BCUT2D eigenvalue weighted by Gasteiger charge is 2.52. The van der Waals surface area contributed by atoms with Crippen molar-refractivity contribution in [2.45, 2.75) is 20.8 Å². The highest BCUT2D eigenvalue weighted by atomic mass is 28.3. The second-order valence-corrected chi connectivity index (χ2v) is 20.7. The molecule has 12 rings (SSSR count). The van der Waals surface area contributed by atoms with E-state index >= 15 is 0 Å². The van der Waals surface area contributed by atoms with Gasteiger partial charge in [0.05, 0.1) is 11.0 Å². The van der Waals surface area contributed by atoms with Crippen molar-refractivity contribution in [1.82, 2.24) is 4.57 Å². The van der Waals surface area contributed by atoms with Gasteiger partial charge in [-0.1, -0.05) is 192 Å². The van der Waals surface area contributed by atoms with Gasteiger partial charge in [0.1, 0.15) is 0 Å². The van der Waals surface area contributed by atoms with Crippen LogP contribution in [-0.2, 0) is 0 Å². The van der Waals surface area contributed by atoms with Crippen LogP contribution < -0.4 is 42.0 Å². The molecular formula is C57H43BN2Si. The Morgan fingerprint density at radius 3 is 1.75 bits per heavy atom. The Bertz CT molecular complexity index is 3290. The van der Waals surface area contributed by atoms with Gasteiger partial charge in [0, 0.05) is 33.5 Å². The van der Waals surface area contributed by atoms with E-state index in [-0.39, 0.29) is 6.71 Å². The maximum absolute atomic E-state index is 2.97. The lowest BCUT2D eigenvalue weighted by Crippen LogP contribution is -2.78. The molecule has 0 saturated carbocycles. The van der Waals surface area contributed by atoms with Crippen molar-refractivity contribution in [1.29, 1.82) is 0 Å². The molecular weight excluding hydrogens is 752 g/mol. The van der Waals surface area contributed by atoms with Gasteiger partial charge >= 0.3 is 0 Å². The molecule has 0 radical (unpaired) electrons. The number of para-hydroxylation sites is 4. The van der Waals surface area contributed by atoms with E-state index in [1.807, 2.05) is 0 Å². The zero-order valence-corrected chi connectivity index (χ0v) is 35.6. The minimum Gasteiger partial charge on any atom is -0.312 e. The summed E-state index contributed by atoms with van der Waals surface area (Å²) in [6, 6.07) is 78.1.